The van der Waals surface area contributed by atoms with Gasteiger partial charge in [0.15, 0.2) is 5.13 Å². The van der Waals surface area contributed by atoms with Crippen LogP contribution in [0, 0.1) is 5.82 Å². The summed E-state index contributed by atoms with van der Waals surface area (Å²) in [4.78, 5) is 28.4. The van der Waals surface area contributed by atoms with E-state index in [4.69, 9.17) is 0 Å². The largest absolute Gasteiger partial charge is 0.352 e. The molecule has 1 fully saturated rings. The number of aromatic nitrogens is 1. The Hall–Kier alpha value is -2.48. The third-order valence-corrected chi connectivity index (χ3v) is 5.53. The molecule has 3 N–H and O–H groups in total. The summed E-state index contributed by atoms with van der Waals surface area (Å²) in [6.45, 7) is 0.365. The number of anilines is 1. The highest BCUT2D eigenvalue weighted by Gasteiger charge is 2.16. The minimum Gasteiger partial charge on any atom is -0.352 e. The molecule has 1 aromatic carbocycles. The molecule has 0 radical (unpaired) electrons. The van der Waals surface area contributed by atoms with Crippen molar-refractivity contribution in [2.24, 2.45) is 0 Å². The minimum absolute atomic E-state index is 0.0955. The average Bonchev–Trinajstić information content (AvgIpc) is 3.14. The molecule has 1 heterocycles. The first-order chi connectivity index (χ1) is 13.6. The summed E-state index contributed by atoms with van der Waals surface area (Å²) in [7, 11) is 0. The Morgan fingerprint density at radius 1 is 1.14 bits per heavy atom. The number of benzene rings is 1. The Morgan fingerprint density at radius 2 is 1.89 bits per heavy atom. The van der Waals surface area contributed by atoms with Crippen LogP contribution in [0.3, 0.4) is 0 Å². The van der Waals surface area contributed by atoms with E-state index in [2.05, 4.69) is 20.9 Å². The molecular formula is C20H25FN4O2S. The fourth-order valence-electron chi connectivity index (χ4n) is 3.18. The molecule has 1 aliphatic rings. The Labute approximate surface area is 167 Å². The average molecular weight is 405 g/mol. The lowest BCUT2D eigenvalue weighted by Crippen LogP contribution is -2.38. The third kappa shape index (κ3) is 6.60. The standard InChI is InChI=1S/C20H25FN4O2S/c21-15-8-6-14(7-9-15)12-22-18(26)11-10-17-13-28-20(24-17)25-19(27)23-16-4-2-1-3-5-16/h6-9,13,16H,1-5,10-12H2,(H,22,26)(H2,23,24,25,27). The first-order valence-electron chi connectivity index (χ1n) is 9.61. The van der Waals surface area contributed by atoms with Crippen molar-refractivity contribution in [3.63, 3.8) is 0 Å². The van der Waals surface area contributed by atoms with Crippen molar-refractivity contribution >= 4 is 28.4 Å². The van der Waals surface area contributed by atoms with E-state index < -0.39 is 0 Å². The number of urea groups is 1. The Bertz CT molecular complexity index is 788. The van der Waals surface area contributed by atoms with Gasteiger partial charge >= 0.3 is 6.03 Å². The topological polar surface area (TPSA) is 83.1 Å². The number of rotatable bonds is 7. The maximum atomic E-state index is 12.9. The summed E-state index contributed by atoms with van der Waals surface area (Å²) in [5, 5.41) is 11.0. The molecule has 0 saturated heterocycles. The number of nitrogens with zero attached hydrogens (tertiary/aromatic N) is 1. The smallest absolute Gasteiger partial charge is 0.321 e. The number of halogens is 1. The molecule has 3 rings (SSSR count). The van der Waals surface area contributed by atoms with Crippen LogP contribution in [0.1, 0.15) is 49.8 Å². The van der Waals surface area contributed by atoms with Crippen LogP contribution in [0.25, 0.3) is 0 Å². The van der Waals surface area contributed by atoms with E-state index in [-0.39, 0.29) is 23.8 Å². The molecular weight excluding hydrogens is 379 g/mol. The number of hydrogen-bond acceptors (Lipinski definition) is 4. The highest BCUT2D eigenvalue weighted by atomic mass is 32.1. The fraction of sp³-hybridized carbons (Fsp3) is 0.450. The van der Waals surface area contributed by atoms with Crippen LogP contribution < -0.4 is 16.0 Å². The van der Waals surface area contributed by atoms with Gasteiger partial charge in [0, 0.05) is 24.4 Å². The van der Waals surface area contributed by atoms with Crippen molar-refractivity contribution < 1.29 is 14.0 Å². The van der Waals surface area contributed by atoms with Crippen molar-refractivity contribution in [3.05, 3.63) is 46.7 Å². The van der Waals surface area contributed by atoms with Gasteiger partial charge in [0.25, 0.3) is 0 Å². The Kier molecular flexibility index (Phi) is 7.36. The molecule has 150 valence electrons. The van der Waals surface area contributed by atoms with E-state index in [0.717, 1.165) is 36.9 Å². The van der Waals surface area contributed by atoms with Gasteiger partial charge in [-0.15, -0.1) is 11.3 Å². The molecule has 8 heteroatoms. The van der Waals surface area contributed by atoms with E-state index in [1.807, 2.05) is 5.38 Å². The van der Waals surface area contributed by atoms with E-state index in [0.29, 0.717) is 24.5 Å². The number of carbonyl (C=O) groups is 2. The Balaban J connectivity index is 1.37. The second-order valence-corrected chi connectivity index (χ2v) is 7.84. The fourth-order valence-corrected chi connectivity index (χ4v) is 3.92. The summed E-state index contributed by atoms with van der Waals surface area (Å²) in [5.41, 5.74) is 1.62. The van der Waals surface area contributed by atoms with Crippen LogP contribution in [-0.4, -0.2) is 23.0 Å². The number of hydrogen-bond donors (Lipinski definition) is 3. The first-order valence-corrected chi connectivity index (χ1v) is 10.5. The van der Waals surface area contributed by atoms with Gasteiger partial charge < -0.3 is 10.6 Å². The van der Waals surface area contributed by atoms with E-state index >= 15 is 0 Å². The van der Waals surface area contributed by atoms with Crippen molar-refractivity contribution in [2.75, 3.05) is 5.32 Å². The molecule has 1 aromatic heterocycles. The summed E-state index contributed by atoms with van der Waals surface area (Å²) in [6.07, 6.45) is 6.43. The van der Waals surface area contributed by atoms with Crippen LogP contribution in [-0.2, 0) is 17.8 Å². The third-order valence-electron chi connectivity index (χ3n) is 4.72. The molecule has 3 amide bonds. The van der Waals surface area contributed by atoms with E-state index in [9.17, 15) is 14.0 Å². The zero-order valence-corrected chi connectivity index (χ0v) is 16.5. The Morgan fingerprint density at radius 3 is 2.64 bits per heavy atom. The number of aryl methyl sites for hydroxylation is 1. The molecule has 0 bridgehead atoms. The molecule has 6 nitrogen and oxygen atoms in total. The second-order valence-electron chi connectivity index (χ2n) is 6.98. The summed E-state index contributed by atoms with van der Waals surface area (Å²) in [6, 6.07) is 6.06. The highest BCUT2D eigenvalue weighted by Crippen LogP contribution is 2.19. The van der Waals surface area contributed by atoms with Gasteiger partial charge in [-0.25, -0.2) is 14.2 Å². The van der Waals surface area contributed by atoms with Crippen molar-refractivity contribution in [1.29, 1.82) is 0 Å². The number of nitrogens with one attached hydrogen (secondary N) is 3. The van der Waals surface area contributed by atoms with Crippen molar-refractivity contribution in [3.8, 4) is 0 Å². The van der Waals surface area contributed by atoms with Crippen molar-refractivity contribution in [2.45, 2.75) is 57.5 Å². The lowest BCUT2D eigenvalue weighted by Gasteiger charge is -2.22. The van der Waals surface area contributed by atoms with E-state index in [1.165, 1.54) is 29.9 Å². The molecule has 2 aromatic rings. The van der Waals surface area contributed by atoms with Gasteiger partial charge in [-0.1, -0.05) is 31.4 Å². The van der Waals surface area contributed by atoms with Gasteiger partial charge in [0.2, 0.25) is 5.91 Å². The maximum Gasteiger partial charge on any atom is 0.321 e. The van der Waals surface area contributed by atoms with Crippen LogP contribution in [0.4, 0.5) is 14.3 Å². The van der Waals surface area contributed by atoms with Gasteiger partial charge in [-0.3, -0.25) is 10.1 Å². The molecule has 0 atom stereocenters. The second kappa shape index (κ2) is 10.2. The number of thiazole rings is 1. The van der Waals surface area contributed by atoms with Gasteiger partial charge in [-0.05, 0) is 37.0 Å². The number of amides is 3. The lowest BCUT2D eigenvalue weighted by atomic mass is 9.96. The maximum absolute atomic E-state index is 12.9. The van der Waals surface area contributed by atoms with E-state index in [1.54, 1.807) is 12.1 Å². The van der Waals surface area contributed by atoms with Crippen LogP contribution in [0.5, 0.6) is 0 Å². The first kappa shape index (κ1) is 20.3. The van der Waals surface area contributed by atoms with Gasteiger partial charge in [-0.2, -0.15) is 0 Å². The van der Waals surface area contributed by atoms with Gasteiger partial charge in [0.1, 0.15) is 5.82 Å². The summed E-state index contributed by atoms with van der Waals surface area (Å²) < 4.78 is 12.9. The monoisotopic (exact) mass is 404 g/mol. The highest BCUT2D eigenvalue weighted by molar-refractivity contribution is 7.13. The molecule has 0 aliphatic heterocycles. The van der Waals surface area contributed by atoms with Crippen LogP contribution in [0.15, 0.2) is 29.6 Å². The van der Waals surface area contributed by atoms with Crippen LogP contribution in [0.2, 0.25) is 0 Å². The zero-order chi connectivity index (χ0) is 19.8. The lowest BCUT2D eigenvalue weighted by molar-refractivity contribution is -0.121. The zero-order valence-electron chi connectivity index (χ0n) is 15.7. The van der Waals surface area contributed by atoms with Crippen LogP contribution >= 0.6 is 11.3 Å². The molecule has 1 saturated carbocycles. The predicted octanol–water partition coefficient (Wildman–Crippen LogP) is 3.99. The summed E-state index contributed by atoms with van der Waals surface area (Å²) >= 11 is 1.35. The SMILES string of the molecule is O=C(CCc1csc(NC(=O)NC2CCCCC2)n1)NCc1ccc(F)cc1. The van der Waals surface area contributed by atoms with Gasteiger partial charge in [0.05, 0.1) is 5.69 Å². The molecule has 0 unspecified atom stereocenters. The molecule has 0 spiro atoms. The minimum atomic E-state index is -0.296. The normalized spacial score (nSPS) is 14.5. The molecule has 1 aliphatic carbocycles. The quantitative estimate of drug-likeness (QED) is 0.653. The molecule has 28 heavy (non-hydrogen) atoms. The summed E-state index contributed by atoms with van der Waals surface area (Å²) in [5.74, 6) is -0.391. The van der Waals surface area contributed by atoms with Crippen molar-refractivity contribution in [1.82, 2.24) is 15.6 Å². The predicted molar refractivity (Wildman–Crippen MR) is 108 cm³/mol. The number of carbonyl (C=O) groups excluding carboxylic acids is 2.